The Balaban J connectivity index is 1.85. The predicted octanol–water partition coefficient (Wildman–Crippen LogP) is 4.60. The van der Waals surface area contributed by atoms with E-state index in [1.54, 1.807) is 0 Å². The normalized spacial score (nSPS) is 15.2. The van der Waals surface area contributed by atoms with Gasteiger partial charge in [0.15, 0.2) is 0 Å². The number of hydrogen-bond acceptors (Lipinski definition) is 2. The summed E-state index contributed by atoms with van der Waals surface area (Å²) in [5.74, 6) is 0.440. The molecule has 1 aliphatic rings. The second-order valence-electron chi connectivity index (χ2n) is 5.04. The van der Waals surface area contributed by atoms with E-state index in [0.717, 1.165) is 24.1 Å². The molecule has 0 fully saturated rings. The highest BCUT2D eigenvalue weighted by Crippen LogP contribution is 2.31. The number of pyridine rings is 1. The van der Waals surface area contributed by atoms with Crippen LogP contribution >= 0.6 is 0 Å². The smallest absolute Gasteiger partial charge is 0.0702 e. The number of hydrogen-bond donors (Lipinski definition) is 0. The van der Waals surface area contributed by atoms with Crippen molar-refractivity contribution in [1.82, 2.24) is 4.98 Å². The van der Waals surface area contributed by atoms with Crippen LogP contribution in [-0.2, 0) is 0 Å². The summed E-state index contributed by atoms with van der Waals surface area (Å²) in [6.45, 7) is 2.22. The molecule has 1 atom stereocenters. The van der Waals surface area contributed by atoms with Gasteiger partial charge in [-0.1, -0.05) is 43.3 Å². The molecule has 2 heterocycles. The van der Waals surface area contributed by atoms with Crippen LogP contribution in [0.5, 0.6) is 0 Å². The van der Waals surface area contributed by atoms with Gasteiger partial charge in [0.05, 0.1) is 5.69 Å². The van der Waals surface area contributed by atoms with Gasteiger partial charge in [0.1, 0.15) is 0 Å². The number of aliphatic imine (C=N–C) groups is 1. The fourth-order valence-corrected chi connectivity index (χ4v) is 2.69. The number of allylic oxidation sites excluding steroid dienone is 1. The monoisotopic (exact) mass is 262 g/mol. The molecule has 3 rings (SSSR count). The Hall–Kier alpha value is -2.22. The predicted molar refractivity (Wildman–Crippen MR) is 83.9 cm³/mol. The summed E-state index contributed by atoms with van der Waals surface area (Å²) in [5, 5.41) is 0. The molecule has 1 aromatic carbocycles. The van der Waals surface area contributed by atoms with Gasteiger partial charge in [-0.2, -0.15) is 0 Å². The van der Waals surface area contributed by atoms with E-state index >= 15 is 0 Å². The average Bonchev–Trinajstić information content (AvgIpc) is 3.04. The molecule has 0 aliphatic carbocycles. The summed E-state index contributed by atoms with van der Waals surface area (Å²) < 4.78 is 0. The molecule has 0 N–H and O–H groups in total. The molecule has 0 saturated heterocycles. The van der Waals surface area contributed by atoms with Crippen LogP contribution in [0.3, 0.4) is 0 Å². The van der Waals surface area contributed by atoms with Gasteiger partial charge in [-0.25, -0.2) is 0 Å². The summed E-state index contributed by atoms with van der Waals surface area (Å²) in [6, 6.07) is 14.6. The summed E-state index contributed by atoms with van der Waals surface area (Å²) >= 11 is 0. The third-order valence-corrected chi connectivity index (χ3v) is 3.79. The van der Waals surface area contributed by atoms with Crippen LogP contribution in [0.4, 0.5) is 0 Å². The van der Waals surface area contributed by atoms with Gasteiger partial charge in [0, 0.05) is 36.5 Å². The maximum absolute atomic E-state index is 4.62. The van der Waals surface area contributed by atoms with Gasteiger partial charge in [0.25, 0.3) is 0 Å². The fourth-order valence-electron chi connectivity index (χ4n) is 2.69. The van der Waals surface area contributed by atoms with Gasteiger partial charge >= 0.3 is 0 Å². The van der Waals surface area contributed by atoms with E-state index < -0.39 is 0 Å². The van der Waals surface area contributed by atoms with E-state index in [2.05, 4.69) is 41.2 Å². The molecule has 100 valence electrons. The largest absolute Gasteiger partial charge is 0.269 e. The molecule has 2 heteroatoms. The highest BCUT2D eigenvalue weighted by atomic mass is 14.7. The molecule has 1 unspecified atom stereocenters. The maximum Gasteiger partial charge on any atom is 0.0702 e. The SMILES string of the molecule is CCC(C1=CN=CC1)c1ccc(-c2ccccc2)nc1. The lowest BCUT2D eigenvalue weighted by molar-refractivity contribution is 0.748. The Morgan fingerprint density at radius 1 is 1.10 bits per heavy atom. The fraction of sp³-hybridized carbons (Fsp3) is 0.222. The molecule has 0 amide bonds. The average molecular weight is 262 g/mol. The number of rotatable bonds is 4. The Labute approximate surface area is 119 Å². The van der Waals surface area contributed by atoms with Crippen molar-refractivity contribution >= 4 is 6.21 Å². The van der Waals surface area contributed by atoms with Crippen LogP contribution in [0.2, 0.25) is 0 Å². The first-order chi connectivity index (χ1) is 9.88. The molecule has 20 heavy (non-hydrogen) atoms. The first-order valence-corrected chi connectivity index (χ1v) is 7.10. The van der Waals surface area contributed by atoms with E-state index in [-0.39, 0.29) is 0 Å². The zero-order valence-corrected chi connectivity index (χ0v) is 11.7. The molecular weight excluding hydrogens is 244 g/mol. The molecule has 0 saturated carbocycles. The first kappa shape index (κ1) is 12.8. The summed E-state index contributed by atoms with van der Waals surface area (Å²) in [6.07, 6.45) is 8.04. The van der Waals surface area contributed by atoms with E-state index in [9.17, 15) is 0 Å². The molecule has 2 aromatic rings. The molecule has 1 aliphatic heterocycles. The minimum Gasteiger partial charge on any atom is -0.269 e. The standard InChI is InChI=1S/C18H18N2/c1-2-17(16-10-11-19-12-16)15-8-9-18(20-13-15)14-6-4-3-5-7-14/h3-9,11-13,17H,2,10H2,1H3. The van der Waals surface area contributed by atoms with Crippen molar-refractivity contribution in [1.29, 1.82) is 0 Å². The van der Waals surface area contributed by atoms with Gasteiger partial charge in [-0.05, 0) is 23.6 Å². The molecule has 2 nitrogen and oxygen atoms in total. The third kappa shape index (κ3) is 2.55. The Morgan fingerprint density at radius 3 is 2.55 bits per heavy atom. The molecular formula is C18H18N2. The van der Waals surface area contributed by atoms with Gasteiger partial charge in [-0.15, -0.1) is 0 Å². The highest BCUT2D eigenvalue weighted by Gasteiger charge is 2.16. The molecule has 1 aromatic heterocycles. The van der Waals surface area contributed by atoms with Crippen molar-refractivity contribution in [3.05, 3.63) is 66.0 Å². The highest BCUT2D eigenvalue weighted by molar-refractivity contribution is 5.66. The lowest BCUT2D eigenvalue weighted by atomic mass is 9.89. The van der Waals surface area contributed by atoms with Crippen LogP contribution < -0.4 is 0 Å². The topological polar surface area (TPSA) is 25.2 Å². The second kappa shape index (κ2) is 5.83. The summed E-state index contributed by atoms with van der Waals surface area (Å²) in [5.41, 5.74) is 4.86. The quantitative estimate of drug-likeness (QED) is 0.790. The Kier molecular flexibility index (Phi) is 3.73. The second-order valence-corrected chi connectivity index (χ2v) is 5.04. The minimum absolute atomic E-state index is 0.440. The van der Waals surface area contributed by atoms with E-state index in [1.165, 1.54) is 11.1 Å². The van der Waals surface area contributed by atoms with Gasteiger partial charge < -0.3 is 0 Å². The lowest BCUT2D eigenvalue weighted by Crippen LogP contribution is -2.01. The molecule has 0 bridgehead atoms. The van der Waals surface area contributed by atoms with Crippen LogP contribution in [0.15, 0.2) is 65.4 Å². The Morgan fingerprint density at radius 2 is 1.95 bits per heavy atom. The zero-order chi connectivity index (χ0) is 13.8. The molecule has 0 spiro atoms. The van der Waals surface area contributed by atoms with Gasteiger partial charge in [-0.3, -0.25) is 9.98 Å². The van der Waals surface area contributed by atoms with E-state index in [0.29, 0.717) is 5.92 Å². The van der Waals surface area contributed by atoms with Crippen molar-refractivity contribution in [3.8, 4) is 11.3 Å². The maximum atomic E-state index is 4.62. The van der Waals surface area contributed by atoms with E-state index in [4.69, 9.17) is 0 Å². The lowest BCUT2D eigenvalue weighted by Gasteiger charge is -2.16. The van der Waals surface area contributed by atoms with E-state index in [1.807, 2.05) is 36.8 Å². The van der Waals surface area contributed by atoms with Crippen molar-refractivity contribution in [2.75, 3.05) is 0 Å². The summed E-state index contributed by atoms with van der Waals surface area (Å²) in [7, 11) is 0. The van der Waals surface area contributed by atoms with Crippen LogP contribution in [0.25, 0.3) is 11.3 Å². The van der Waals surface area contributed by atoms with Crippen molar-refractivity contribution in [3.63, 3.8) is 0 Å². The summed E-state index contributed by atoms with van der Waals surface area (Å²) in [4.78, 5) is 8.84. The zero-order valence-electron chi connectivity index (χ0n) is 11.7. The van der Waals surface area contributed by atoms with Crippen LogP contribution in [-0.4, -0.2) is 11.2 Å². The minimum atomic E-state index is 0.440. The van der Waals surface area contributed by atoms with Crippen molar-refractivity contribution < 1.29 is 0 Å². The first-order valence-electron chi connectivity index (χ1n) is 7.10. The van der Waals surface area contributed by atoms with Crippen LogP contribution in [0, 0.1) is 0 Å². The number of aromatic nitrogens is 1. The molecule has 0 radical (unpaired) electrons. The van der Waals surface area contributed by atoms with Gasteiger partial charge in [0.2, 0.25) is 0 Å². The Bertz CT molecular complexity index is 624. The number of benzene rings is 1. The number of nitrogens with zero attached hydrogens (tertiary/aromatic N) is 2. The van der Waals surface area contributed by atoms with Crippen molar-refractivity contribution in [2.24, 2.45) is 4.99 Å². The van der Waals surface area contributed by atoms with Crippen molar-refractivity contribution in [2.45, 2.75) is 25.7 Å². The van der Waals surface area contributed by atoms with Crippen LogP contribution in [0.1, 0.15) is 31.2 Å². The third-order valence-electron chi connectivity index (χ3n) is 3.79.